The van der Waals surface area contributed by atoms with Gasteiger partial charge in [0, 0.05) is 24.3 Å². The number of carbonyl (C=O) groups is 2. The first-order valence-corrected chi connectivity index (χ1v) is 9.71. The van der Waals surface area contributed by atoms with E-state index in [1.807, 2.05) is 31.7 Å². The molecule has 2 fully saturated rings. The fourth-order valence-electron chi connectivity index (χ4n) is 4.12. The maximum absolute atomic E-state index is 12.9. The molecular formula is C21H30N2O3. The van der Waals surface area contributed by atoms with Crippen LogP contribution in [0.25, 0.3) is 0 Å². The van der Waals surface area contributed by atoms with Gasteiger partial charge in [-0.15, -0.1) is 0 Å². The van der Waals surface area contributed by atoms with E-state index in [9.17, 15) is 9.59 Å². The third kappa shape index (κ3) is 4.77. The van der Waals surface area contributed by atoms with Crippen LogP contribution in [0, 0.1) is 11.8 Å². The molecule has 1 heterocycles. The zero-order valence-electron chi connectivity index (χ0n) is 16.1. The van der Waals surface area contributed by atoms with Crippen LogP contribution >= 0.6 is 0 Å². The van der Waals surface area contributed by atoms with Gasteiger partial charge >= 0.3 is 6.09 Å². The number of anilines is 1. The number of hydrogen-bond acceptors (Lipinski definition) is 3. The molecule has 0 unspecified atom stereocenters. The maximum Gasteiger partial charge on any atom is 0.412 e. The van der Waals surface area contributed by atoms with Crippen molar-refractivity contribution >= 4 is 17.7 Å². The Morgan fingerprint density at radius 3 is 2.58 bits per heavy atom. The van der Waals surface area contributed by atoms with Crippen LogP contribution in [-0.4, -0.2) is 35.6 Å². The number of benzene rings is 1. The molecule has 5 nitrogen and oxygen atoms in total. The van der Waals surface area contributed by atoms with Crippen molar-refractivity contribution in [2.75, 3.05) is 18.4 Å². The summed E-state index contributed by atoms with van der Waals surface area (Å²) in [4.78, 5) is 26.8. The Morgan fingerprint density at radius 1 is 1.12 bits per heavy atom. The van der Waals surface area contributed by atoms with Crippen LogP contribution in [-0.2, 0) is 4.74 Å². The van der Waals surface area contributed by atoms with Gasteiger partial charge in [-0.1, -0.05) is 25.3 Å². The summed E-state index contributed by atoms with van der Waals surface area (Å²) in [5.41, 5.74) is 0.646. The van der Waals surface area contributed by atoms with E-state index >= 15 is 0 Å². The second kappa shape index (κ2) is 7.68. The van der Waals surface area contributed by atoms with Gasteiger partial charge in [0.25, 0.3) is 5.91 Å². The summed E-state index contributed by atoms with van der Waals surface area (Å²) >= 11 is 0. The molecule has 0 spiro atoms. The number of rotatable bonds is 2. The minimum absolute atomic E-state index is 0.0573. The number of piperidine rings is 1. The number of likely N-dealkylation sites (tertiary alicyclic amines) is 1. The quantitative estimate of drug-likeness (QED) is 0.834. The van der Waals surface area contributed by atoms with Crippen LogP contribution < -0.4 is 5.32 Å². The van der Waals surface area contributed by atoms with Gasteiger partial charge < -0.3 is 9.64 Å². The predicted molar refractivity (Wildman–Crippen MR) is 102 cm³/mol. The molecule has 0 aromatic heterocycles. The fraction of sp³-hybridized carbons (Fsp3) is 0.619. The molecule has 1 aliphatic carbocycles. The number of carbonyl (C=O) groups excluding carboxylic acids is 2. The van der Waals surface area contributed by atoms with E-state index in [0.29, 0.717) is 17.2 Å². The Kier molecular flexibility index (Phi) is 5.54. The van der Waals surface area contributed by atoms with Crippen molar-refractivity contribution in [3.63, 3.8) is 0 Å². The van der Waals surface area contributed by atoms with Crippen molar-refractivity contribution in [2.45, 2.75) is 58.5 Å². The molecule has 2 amide bonds. The lowest BCUT2D eigenvalue weighted by atomic mass is 9.75. The maximum atomic E-state index is 12.9. The van der Waals surface area contributed by atoms with E-state index < -0.39 is 11.7 Å². The number of amides is 2. The van der Waals surface area contributed by atoms with Crippen molar-refractivity contribution in [2.24, 2.45) is 11.8 Å². The van der Waals surface area contributed by atoms with Crippen molar-refractivity contribution in [3.05, 3.63) is 29.8 Å². The molecule has 2 aliphatic rings. The highest BCUT2D eigenvalue weighted by Crippen LogP contribution is 2.36. The Balaban J connectivity index is 1.64. The minimum atomic E-state index is -0.554. The first-order chi connectivity index (χ1) is 12.3. The smallest absolute Gasteiger partial charge is 0.412 e. The third-order valence-corrected chi connectivity index (χ3v) is 5.33. The summed E-state index contributed by atoms with van der Waals surface area (Å²) in [5, 5.41) is 2.71. The van der Waals surface area contributed by atoms with E-state index in [4.69, 9.17) is 4.74 Å². The first-order valence-electron chi connectivity index (χ1n) is 9.71. The van der Waals surface area contributed by atoms with Gasteiger partial charge in [0.2, 0.25) is 0 Å². The fourth-order valence-corrected chi connectivity index (χ4v) is 4.12. The zero-order chi connectivity index (χ0) is 18.7. The van der Waals surface area contributed by atoms with Crippen LogP contribution in [0.15, 0.2) is 24.3 Å². The third-order valence-electron chi connectivity index (χ3n) is 5.33. The molecule has 1 aromatic carbocycles. The van der Waals surface area contributed by atoms with Gasteiger partial charge in [-0.2, -0.15) is 0 Å². The van der Waals surface area contributed by atoms with E-state index in [2.05, 4.69) is 5.32 Å². The summed E-state index contributed by atoms with van der Waals surface area (Å²) in [6.45, 7) is 7.17. The molecule has 1 aromatic rings. The minimum Gasteiger partial charge on any atom is -0.444 e. The van der Waals surface area contributed by atoms with Crippen molar-refractivity contribution < 1.29 is 14.3 Å². The summed E-state index contributed by atoms with van der Waals surface area (Å²) in [7, 11) is 0. The molecule has 1 N–H and O–H groups in total. The normalized spacial score (nSPS) is 23.1. The molecular weight excluding hydrogens is 328 g/mol. The average molecular weight is 358 g/mol. The molecule has 1 aliphatic heterocycles. The van der Waals surface area contributed by atoms with E-state index in [1.165, 1.54) is 25.7 Å². The number of fused-ring (bicyclic) bond motifs is 1. The molecule has 0 bridgehead atoms. The Bertz CT molecular complexity index is 665. The predicted octanol–water partition coefficient (Wildman–Crippen LogP) is 4.69. The topological polar surface area (TPSA) is 58.6 Å². The van der Waals surface area contributed by atoms with Gasteiger partial charge in [0.15, 0.2) is 0 Å². The van der Waals surface area contributed by atoms with Gasteiger partial charge in [0.05, 0.1) is 0 Å². The molecule has 142 valence electrons. The van der Waals surface area contributed by atoms with Gasteiger partial charge in [0.1, 0.15) is 5.60 Å². The Morgan fingerprint density at radius 2 is 1.85 bits per heavy atom. The lowest BCUT2D eigenvalue weighted by Crippen LogP contribution is -2.44. The number of nitrogens with one attached hydrogen (secondary N) is 1. The van der Waals surface area contributed by atoms with Crippen LogP contribution in [0.4, 0.5) is 10.5 Å². The van der Waals surface area contributed by atoms with Crippen LogP contribution in [0.2, 0.25) is 0 Å². The highest BCUT2D eigenvalue weighted by molar-refractivity contribution is 5.96. The molecule has 1 saturated carbocycles. The summed E-state index contributed by atoms with van der Waals surface area (Å²) in [5.74, 6) is 1.51. The largest absolute Gasteiger partial charge is 0.444 e. The molecule has 26 heavy (non-hydrogen) atoms. The average Bonchev–Trinajstić information content (AvgIpc) is 2.59. The monoisotopic (exact) mass is 358 g/mol. The zero-order valence-corrected chi connectivity index (χ0v) is 16.1. The molecule has 2 atom stereocenters. The lowest BCUT2D eigenvalue weighted by molar-refractivity contribution is 0.0520. The molecule has 0 radical (unpaired) electrons. The van der Waals surface area contributed by atoms with Gasteiger partial charge in [-0.25, -0.2) is 4.79 Å². The summed E-state index contributed by atoms with van der Waals surface area (Å²) in [6.07, 6.45) is 5.81. The van der Waals surface area contributed by atoms with Gasteiger partial charge in [-0.3, -0.25) is 10.1 Å². The van der Waals surface area contributed by atoms with Crippen LogP contribution in [0.3, 0.4) is 0 Å². The second-order valence-electron chi connectivity index (χ2n) is 8.55. The van der Waals surface area contributed by atoms with Gasteiger partial charge in [-0.05, 0) is 63.6 Å². The van der Waals surface area contributed by atoms with E-state index in [-0.39, 0.29) is 5.91 Å². The number of ether oxygens (including phenoxy) is 1. The second-order valence-corrected chi connectivity index (χ2v) is 8.55. The highest BCUT2D eigenvalue weighted by atomic mass is 16.6. The SMILES string of the molecule is CC(C)(C)OC(=O)Nc1cccc(C(=O)N2CC[C@@H]3CCCC[C@H]3C2)c1. The van der Waals surface area contributed by atoms with Crippen LogP contribution in [0.1, 0.15) is 63.2 Å². The molecule has 1 saturated heterocycles. The first kappa shape index (κ1) is 18.7. The Hall–Kier alpha value is -2.04. The number of nitrogens with zero attached hydrogens (tertiary/aromatic N) is 1. The summed E-state index contributed by atoms with van der Waals surface area (Å²) < 4.78 is 5.27. The van der Waals surface area contributed by atoms with Crippen molar-refractivity contribution in [1.29, 1.82) is 0 Å². The van der Waals surface area contributed by atoms with Crippen molar-refractivity contribution in [1.82, 2.24) is 4.90 Å². The van der Waals surface area contributed by atoms with E-state index in [1.54, 1.807) is 18.2 Å². The lowest BCUT2D eigenvalue weighted by Gasteiger charge is -2.41. The molecule has 3 rings (SSSR count). The standard InChI is InChI=1S/C21H30N2O3/c1-21(2,3)26-20(25)22-18-10-6-9-16(13-18)19(24)23-12-11-15-7-4-5-8-17(15)14-23/h6,9-10,13,15,17H,4-5,7-8,11-12,14H2,1-3H3,(H,22,25)/t15-,17-/m0/s1. The Labute approximate surface area is 156 Å². The number of hydrogen-bond donors (Lipinski definition) is 1. The van der Waals surface area contributed by atoms with Crippen molar-refractivity contribution in [3.8, 4) is 0 Å². The van der Waals surface area contributed by atoms with Crippen LogP contribution in [0.5, 0.6) is 0 Å². The van der Waals surface area contributed by atoms with E-state index in [0.717, 1.165) is 25.4 Å². The molecule has 5 heteroatoms. The highest BCUT2D eigenvalue weighted by Gasteiger charge is 2.33. The summed E-state index contributed by atoms with van der Waals surface area (Å²) in [6, 6.07) is 7.12.